The average Bonchev–Trinajstić information content (AvgIpc) is 3.32. The molecule has 2 aliphatic rings. The van der Waals surface area contributed by atoms with Gasteiger partial charge in [-0.05, 0) is 73.3 Å². The second-order valence-electron chi connectivity index (χ2n) is 9.61. The molecular weight excluding hydrogens is 422 g/mol. The Morgan fingerprint density at radius 1 is 1.12 bits per heavy atom. The summed E-state index contributed by atoms with van der Waals surface area (Å²) in [6.07, 6.45) is 6.16. The molecule has 0 spiro atoms. The van der Waals surface area contributed by atoms with E-state index >= 15 is 0 Å². The molecule has 3 aromatic rings. The molecule has 1 aliphatic carbocycles. The second kappa shape index (κ2) is 9.42. The predicted octanol–water partition coefficient (Wildman–Crippen LogP) is 5.50. The highest BCUT2D eigenvalue weighted by Crippen LogP contribution is 2.42. The van der Waals surface area contributed by atoms with Crippen molar-refractivity contribution in [1.29, 1.82) is 5.26 Å². The van der Waals surface area contributed by atoms with Crippen molar-refractivity contribution in [3.63, 3.8) is 0 Å². The highest BCUT2D eigenvalue weighted by molar-refractivity contribution is 5.97. The maximum absolute atomic E-state index is 13.6. The van der Waals surface area contributed by atoms with E-state index in [1.54, 1.807) is 0 Å². The number of nitrogens with one attached hydrogen (secondary N) is 1. The molecule has 1 saturated heterocycles. The molecule has 6 heteroatoms. The van der Waals surface area contributed by atoms with Gasteiger partial charge in [0.2, 0.25) is 0 Å². The number of aryl methyl sites for hydroxylation is 2. The minimum absolute atomic E-state index is 0.0807. The van der Waals surface area contributed by atoms with E-state index < -0.39 is 0 Å². The van der Waals surface area contributed by atoms with Crippen LogP contribution in [0.1, 0.15) is 89.3 Å². The molecule has 5 rings (SSSR count). The summed E-state index contributed by atoms with van der Waals surface area (Å²) < 4.78 is 0. The highest BCUT2D eigenvalue weighted by atomic mass is 16.2. The van der Waals surface area contributed by atoms with Gasteiger partial charge in [-0.2, -0.15) is 10.4 Å². The number of aromatic nitrogens is 3. The Morgan fingerprint density at radius 2 is 1.85 bits per heavy atom. The van der Waals surface area contributed by atoms with E-state index in [9.17, 15) is 10.1 Å². The van der Waals surface area contributed by atoms with Gasteiger partial charge < -0.3 is 4.90 Å². The fourth-order valence-corrected chi connectivity index (χ4v) is 5.30. The van der Waals surface area contributed by atoms with Crippen LogP contribution in [0, 0.1) is 18.3 Å². The maximum Gasteiger partial charge on any atom is 0.254 e. The summed E-state index contributed by atoms with van der Waals surface area (Å²) in [5.74, 6) is 2.48. The number of hydrogen-bond acceptors (Lipinski definition) is 4. The fourth-order valence-electron chi connectivity index (χ4n) is 5.30. The lowest BCUT2D eigenvalue weighted by Gasteiger charge is -2.33. The standard InChI is InChI=1S/C28H31N5O/c1-3-26-30-27(32-31-26)25-16-23(18(2)15-24(25)19-8-6-9-19)28(34)33-13-11-20(12-14-33)22-10-5-4-7-21(22)17-29/h4-5,7,10,15-16,19-20H,3,6,8-9,11-14H2,1-2H3,(H,30,31,32). The van der Waals surface area contributed by atoms with Gasteiger partial charge in [-0.15, -0.1) is 0 Å². The number of benzene rings is 2. The number of carbonyl (C=O) groups excluding carboxylic acids is 1. The van der Waals surface area contributed by atoms with E-state index in [0.29, 0.717) is 30.7 Å². The smallest absolute Gasteiger partial charge is 0.254 e. The summed E-state index contributed by atoms with van der Waals surface area (Å²) in [4.78, 5) is 20.3. The minimum atomic E-state index is 0.0807. The summed E-state index contributed by atoms with van der Waals surface area (Å²) in [5.41, 5.74) is 5.89. The molecule has 34 heavy (non-hydrogen) atoms. The van der Waals surface area contributed by atoms with Crippen LogP contribution >= 0.6 is 0 Å². The first-order chi connectivity index (χ1) is 16.6. The van der Waals surface area contributed by atoms with Crippen LogP contribution in [0.4, 0.5) is 0 Å². The van der Waals surface area contributed by atoms with Crippen LogP contribution in [-0.2, 0) is 6.42 Å². The van der Waals surface area contributed by atoms with E-state index in [-0.39, 0.29) is 5.91 Å². The number of amides is 1. The Balaban J connectivity index is 1.40. The van der Waals surface area contributed by atoms with Crippen LogP contribution in [-0.4, -0.2) is 39.1 Å². The number of aromatic amines is 1. The topological polar surface area (TPSA) is 85.7 Å². The number of nitriles is 1. The third-order valence-corrected chi connectivity index (χ3v) is 7.58. The molecule has 174 valence electrons. The zero-order valence-electron chi connectivity index (χ0n) is 20.0. The molecule has 1 aliphatic heterocycles. The Bertz CT molecular complexity index is 1240. The van der Waals surface area contributed by atoms with Crippen molar-refractivity contribution in [1.82, 2.24) is 20.1 Å². The van der Waals surface area contributed by atoms with Crippen LogP contribution in [0.15, 0.2) is 36.4 Å². The van der Waals surface area contributed by atoms with E-state index in [2.05, 4.69) is 40.3 Å². The summed E-state index contributed by atoms with van der Waals surface area (Å²) >= 11 is 0. The number of H-pyrrole nitrogens is 1. The van der Waals surface area contributed by atoms with Crippen molar-refractivity contribution in [2.24, 2.45) is 0 Å². The third kappa shape index (κ3) is 4.11. The number of rotatable bonds is 5. The third-order valence-electron chi connectivity index (χ3n) is 7.58. The predicted molar refractivity (Wildman–Crippen MR) is 132 cm³/mol. The fraction of sp³-hybridized carbons (Fsp3) is 0.429. The first-order valence-electron chi connectivity index (χ1n) is 12.4. The quantitative estimate of drug-likeness (QED) is 0.553. The molecule has 1 N–H and O–H groups in total. The SMILES string of the molecule is CCc1nc(-c2cc(C(=O)N3CCC(c4ccccc4C#N)CC3)c(C)cc2C2CCC2)n[nH]1. The first kappa shape index (κ1) is 22.3. The molecule has 6 nitrogen and oxygen atoms in total. The summed E-state index contributed by atoms with van der Waals surface area (Å²) in [6, 6.07) is 14.4. The highest BCUT2D eigenvalue weighted by Gasteiger charge is 2.29. The Hall–Kier alpha value is -3.46. The first-order valence-corrected chi connectivity index (χ1v) is 12.4. The molecule has 0 unspecified atom stereocenters. The lowest BCUT2D eigenvalue weighted by molar-refractivity contribution is 0.0712. The van der Waals surface area contributed by atoms with Gasteiger partial charge >= 0.3 is 0 Å². The average molecular weight is 454 g/mol. The van der Waals surface area contributed by atoms with Crippen LogP contribution in [0.25, 0.3) is 11.4 Å². The van der Waals surface area contributed by atoms with Crippen molar-refractivity contribution < 1.29 is 4.79 Å². The van der Waals surface area contributed by atoms with E-state index in [0.717, 1.165) is 52.9 Å². The normalized spacial score (nSPS) is 16.8. The Kier molecular flexibility index (Phi) is 6.19. The van der Waals surface area contributed by atoms with E-state index in [1.165, 1.54) is 24.8 Å². The van der Waals surface area contributed by atoms with Gasteiger partial charge in [-0.25, -0.2) is 4.98 Å². The minimum Gasteiger partial charge on any atom is -0.339 e. The van der Waals surface area contributed by atoms with Crippen molar-refractivity contribution >= 4 is 5.91 Å². The monoisotopic (exact) mass is 453 g/mol. The van der Waals surface area contributed by atoms with Gasteiger partial charge in [-0.1, -0.05) is 37.6 Å². The molecule has 2 aromatic carbocycles. The second-order valence-corrected chi connectivity index (χ2v) is 9.61. The summed E-state index contributed by atoms with van der Waals surface area (Å²) in [5, 5.41) is 17.0. The van der Waals surface area contributed by atoms with Crippen LogP contribution in [0.5, 0.6) is 0 Å². The lowest BCUT2D eigenvalue weighted by atomic mass is 9.77. The Labute approximate surface area is 201 Å². The van der Waals surface area contributed by atoms with Gasteiger partial charge in [0.15, 0.2) is 5.82 Å². The van der Waals surface area contributed by atoms with Crippen LogP contribution in [0.2, 0.25) is 0 Å². The summed E-state index contributed by atoms with van der Waals surface area (Å²) in [7, 11) is 0. The number of likely N-dealkylation sites (tertiary alicyclic amines) is 1. The van der Waals surface area contributed by atoms with Gasteiger partial charge in [0.25, 0.3) is 5.91 Å². The zero-order chi connectivity index (χ0) is 23.7. The molecule has 0 atom stereocenters. The number of piperidine rings is 1. The number of hydrogen-bond donors (Lipinski definition) is 1. The molecular formula is C28H31N5O. The van der Waals surface area contributed by atoms with Crippen LogP contribution < -0.4 is 0 Å². The van der Waals surface area contributed by atoms with Gasteiger partial charge in [0.1, 0.15) is 5.82 Å². The van der Waals surface area contributed by atoms with Gasteiger partial charge in [0.05, 0.1) is 11.6 Å². The maximum atomic E-state index is 13.6. The molecule has 1 aromatic heterocycles. The van der Waals surface area contributed by atoms with E-state index in [1.807, 2.05) is 36.1 Å². The molecule has 1 amide bonds. The zero-order valence-corrected chi connectivity index (χ0v) is 20.0. The van der Waals surface area contributed by atoms with Crippen molar-refractivity contribution in [3.8, 4) is 17.5 Å². The van der Waals surface area contributed by atoms with Crippen molar-refractivity contribution in [2.45, 2.75) is 64.2 Å². The molecule has 2 fully saturated rings. The van der Waals surface area contributed by atoms with Crippen LogP contribution in [0.3, 0.4) is 0 Å². The number of nitrogens with zero attached hydrogens (tertiary/aromatic N) is 4. The molecule has 2 heterocycles. The van der Waals surface area contributed by atoms with Gasteiger partial charge in [0, 0.05) is 30.6 Å². The van der Waals surface area contributed by atoms with Crippen molar-refractivity contribution in [2.75, 3.05) is 13.1 Å². The molecule has 0 radical (unpaired) electrons. The van der Waals surface area contributed by atoms with E-state index in [4.69, 9.17) is 0 Å². The molecule has 1 saturated carbocycles. The molecule has 0 bridgehead atoms. The Morgan fingerprint density at radius 3 is 2.50 bits per heavy atom. The van der Waals surface area contributed by atoms with Gasteiger partial charge in [-0.3, -0.25) is 9.89 Å². The van der Waals surface area contributed by atoms with Crippen molar-refractivity contribution in [3.05, 3.63) is 70.0 Å². The lowest BCUT2D eigenvalue weighted by Crippen LogP contribution is -2.38. The number of carbonyl (C=O) groups is 1. The largest absolute Gasteiger partial charge is 0.339 e. The summed E-state index contributed by atoms with van der Waals surface area (Å²) in [6.45, 7) is 5.50.